The first-order valence-corrected chi connectivity index (χ1v) is 12.4. The predicted molar refractivity (Wildman–Crippen MR) is 129 cm³/mol. The van der Waals surface area contributed by atoms with Crippen LogP contribution in [0.5, 0.6) is 5.75 Å². The van der Waals surface area contributed by atoms with Gasteiger partial charge >= 0.3 is 14.5 Å². The lowest BCUT2D eigenvalue weighted by Gasteiger charge is -2.23. The highest BCUT2D eigenvalue weighted by Crippen LogP contribution is 2.41. The largest absolute Gasteiger partial charge is 0.468 e. The summed E-state index contributed by atoms with van der Waals surface area (Å²) in [6.45, 7) is 3.84. The van der Waals surface area contributed by atoms with Gasteiger partial charge in [-0.15, -0.1) is 0 Å². The van der Waals surface area contributed by atoms with Crippen LogP contribution in [0.1, 0.15) is 26.5 Å². The molecule has 0 saturated carbocycles. The number of fused-ring (bicyclic) bond motifs is 1. The third-order valence-corrected chi connectivity index (χ3v) is 7.16. The number of hydrogen-bond donors (Lipinski definition) is 2. The van der Waals surface area contributed by atoms with Gasteiger partial charge < -0.3 is 28.8 Å². The second-order valence-electron chi connectivity index (χ2n) is 8.18. The summed E-state index contributed by atoms with van der Waals surface area (Å²) in [6.07, 6.45) is 2.52. The highest BCUT2D eigenvalue weighted by Gasteiger charge is 2.36. The van der Waals surface area contributed by atoms with Crippen LogP contribution in [0.25, 0.3) is 11.0 Å². The minimum atomic E-state index is -1.73. The van der Waals surface area contributed by atoms with E-state index < -0.39 is 32.6 Å². The molecule has 5 unspecified atom stereocenters. The fourth-order valence-electron chi connectivity index (χ4n) is 3.84. The Bertz CT molecular complexity index is 1180. The minimum absolute atomic E-state index is 0.0418. The molecule has 0 bridgehead atoms. The zero-order valence-electron chi connectivity index (χ0n) is 19.4. The Morgan fingerprint density at radius 2 is 2.14 bits per heavy atom. The molecule has 4 rings (SSSR count). The van der Waals surface area contributed by atoms with Crippen molar-refractivity contribution < 1.29 is 27.7 Å². The Kier molecular flexibility index (Phi) is 8.03. The van der Waals surface area contributed by atoms with Crippen LogP contribution < -0.4 is 15.3 Å². The number of halogens is 2. The number of aromatic nitrogens is 3. The van der Waals surface area contributed by atoms with Crippen molar-refractivity contribution in [2.45, 2.75) is 38.6 Å². The minimum Gasteiger partial charge on any atom is -0.468 e. The van der Waals surface area contributed by atoms with Gasteiger partial charge in [0.2, 0.25) is 0 Å². The van der Waals surface area contributed by atoms with Gasteiger partial charge in [0, 0.05) is 17.1 Å². The molecule has 3 aromatic rings. The van der Waals surface area contributed by atoms with Gasteiger partial charge in [-0.2, -0.15) is 0 Å². The second-order valence-corrected chi connectivity index (χ2v) is 9.83. The highest BCUT2D eigenvalue weighted by atomic mass is 35.5. The SMILES string of the molecule is COC(=O)C(C)NP(OCC1CC(C)C(n2cc(F)c3c(N)ncnc32)O1)Oc1ccc(Cl)cc1. The van der Waals surface area contributed by atoms with Crippen LogP contribution >= 0.6 is 20.1 Å². The van der Waals surface area contributed by atoms with Crippen molar-refractivity contribution in [2.75, 3.05) is 19.5 Å². The van der Waals surface area contributed by atoms with Crippen LogP contribution in [0.4, 0.5) is 10.2 Å². The molecule has 1 aliphatic rings. The molecule has 1 aliphatic heterocycles. The molecule has 2 aromatic heterocycles. The van der Waals surface area contributed by atoms with Gasteiger partial charge in [-0.1, -0.05) is 18.5 Å². The maximum atomic E-state index is 14.5. The molecule has 0 radical (unpaired) electrons. The number of nitrogens with one attached hydrogen (secondary N) is 1. The van der Waals surface area contributed by atoms with Crippen molar-refractivity contribution in [3.63, 3.8) is 0 Å². The standard InChI is InChI=1S/C22H26ClFN5O5P/c1-12-8-16(33-21(12)29-9-17(24)18-19(25)26-11-27-20(18)29)10-32-35(28-13(2)22(30)31-3)34-15-6-4-14(23)5-7-15/h4-7,9,11-13,16,21,28H,8,10H2,1-3H3,(H2,25,26,27). The Morgan fingerprint density at radius 1 is 1.40 bits per heavy atom. The number of methoxy groups -OCH3 is 1. The number of hydrogen-bond acceptors (Lipinski definition) is 9. The molecule has 0 aliphatic carbocycles. The number of rotatable bonds is 9. The van der Waals surface area contributed by atoms with Crippen molar-refractivity contribution in [1.82, 2.24) is 19.6 Å². The molecule has 3 N–H and O–H groups in total. The van der Waals surface area contributed by atoms with E-state index in [1.807, 2.05) is 6.92 Å². The normalized spacial score (nSPS) is 21.7. The zero-order valence-corrected chi connectivity index (χ0v) is 21.0. The van der Waals surface area contributed by atoms with Crippen LogP contribution in [0, 0.1) is 11.7 Å². The fraction of sp³-hybridized carbons (Fsp3) is 0.409. The number of benzene rings is 1. The predicted octanol–water partition coefficient (Wildman–Crippen LogP) is 4.20. The molecule has 1 fully saturated rings. The molecule has 13 heteroatoms. The average molecular weight is 526 g/mol. The van der Waals surface area contributed by atoms with E-state index in [4.69, 9.17) is 35.9 Å². The number of carbonyl (C=O) groups is 1. The lowest BCUT2D eigenvalue weighted by atomic mass is 10.1. The van der Waals surface area contributed by atoms with Gasteiger partial charge in [-0.05, 0) is 37.6 Å². The molecule has 1 saturated heterocycles. The van der Waals surface area contributed by atoms with E-state index >= 15 is 0 Å². The first-order valence-electron chi connectivity index (χ1n) is 10.9. The number of ether oxygens (including phenoxy) is 2. The summed E-state index contributed by atoms with van der Waals surface area (Å²) < 4.78 is 39.1. The smallest absolute Gasteiger partial charge is 0.323 e. The quantitative estimate of drug-likeness (QED) is 0.312. The molecule has 35 heavy (non-hydrogen) atoms. The highest BCUT2D eigenvalue weighted by molar-refractivity contribution is 7.45. The van der Waals surface area contributed by atoms with Crippen LogP contribution in [0.15, 0.2) is 36.8 Å². The van der Waals surface area contributed by atoms with Crippen LogP contribution in [0.2, 0.25) is 5.02 Å². The van der Waals surface area contributed by atoms with E-state index in [1.54, 1.807) is 35.8 Å². The van der Waals surface area contributed by atoms with Crippen LogP contribution in [-0.4, -0.2) is 46.4 Å². The first-order chi connectivity index (χ1) is 16.8. The number of anilines is 1. The van der Waals surface area contributed by atoms with E-state index in [9.17, 15) is 9.18 Å². The van der Waals surface area contributed by atoms with E-state index in [-0.39, 0.29) is 29.8 Å². The Labute approximate surface area is 207 Å². The molecular formula is C22H26ClFN5O5P. The van der Waals surface area contributed by atoms with Crippen molar-refractivity contribution in [3.05, 3.63) is 47.6 Å². The lowest BCUT2D eigenvalue weighted by Crippen LogP contribution is -2.33. The first kappa shape index (κ1) is 25.5. The van der Waals surface area contributed by atoms with E-state index in [0.29, 0.717) is 22.8 Å². The average Bonchev–Trinajstić information content (AvgIpc) is 3.38. The molecule has 1 aromatic carbocycles. The second kappa shape index (κ2) is 11.0. The van der Waals surface area contributed by atoms with Crippen molar-refractivity contribution in [1.29, 1.82) is 0 Å². The molecule has 5 atom stereocenters. The maximum absolute atomic E-state index is 14.5. The van der Waals surface area contributed by atoms with Crippen LogP contribution in [0.3, 0.4) is 0 Å². The summed E-state index contributed by atoms with van der Waals surface area (Å²) in [4.78, 5) is 20.0. The summed E-state index contributed by atoms with van der Waals surface area (Å²) in [6, 6.07) is 6.13. The van der Waals surface area contributed by atoms with Gasteiger partial charge in [-0.25, -0.2) is 19.4 Å². The number of nitrogen functional groups attached to an aromatic ring is 1. The number of carbonyl (C=O) groups excluding carboxylic acids is 1. The summed E-state index contributed by atoms with van der Waals surface area (Å²) >= 11 is 5.95. The topological polar surface area (TPSA) is 123 Å². The monoisotopic (exact) mass is 525 g/mol. The van der Waals surface area contributed by atoms with Gasteiger partial charge in [0.05, 0.1) is 25.2 Å². The van der Waals surface area contributed by atoms with Crippen molar-refractivity contribution in [3.8, 4) is 5.75 Å². The van der Waals surface area contributed by atoms with E-state index in [1.165, 1.54) is 19.6 Å². The van der Waals surface area contributed by atoms with Crippen LogP contribution in [-0.2, 0) is 18.8 Å². The number of nitrogens with zero attached hydrogens (tertiary/aromatic N) is 3. The summed E-state index contributed by atoms with van der Waals surface area (Å²) in [5, 5.41) is 3.75. The maximum Gasteiger partial charge on any atom is 0.323 e. The zero-order chi connectivity index (χ0) is 25.1. The molecule has 0 spiro atoms. The van der Waals surface area contributed by atoms with Gasteiger partial charge in [0.1, 0.15) is 30.2 Å². The Balaban J connectivity index is 1.44. The number of nitrogens with two attached hydrogens (primary N) is 1. The summed E-state index contributed by atoms with van der Waals surface area (Å²) in [5.41, 5.74) is 6.20. The summed E-state index contributed by atoms with van der Waals surface area (Å²) in [7, 11) is -0.420. The molecular weight excluding hydrogens is 500 g/mol. The Morgan fingerprint density at radius 3 is 2.86 bits per heavy atom. The Hall–Kier alpha value is -2.56. The molecule has 0 amide bonds. The molecule has 3 heterocycles. The van der Waals surface area contributed by atoms with Gasteiger partial charge in [0.25, 0.3) is 0 Å². The number of esters is 1. The lowest BCUT2D eigenvalue weighted by molar-refractivity contribution is -0.142. The summed E-state index contributed by atoms with van der Waals surface area (Å²) in [5.74, 6) is -0.313. The van der Waals surface area contributed by atoms with E-state index in [2.05, 4.69) is 15.1 Å². The van der Waals surface area contributed by atoms with Crippen molar-refractivity contribution >= 4 is 42.9 Å². The molecule has 10 nitrogen and oxygen atoms in total. The van der Waals surface area contributed by atoms with E-state index in [0.717, 1.165) is 0 Å². The van der Waals surface area contributed by atoms with Gasteiger partial charge in [0.15, 0.2) is 11.5 Å². The fourth-order valence-corrected chi connectivity index (χ4v) is 5.18. The van der Waals surface area contributed by atoms with Crippen molar-refractivity contribution in [2.24, 2.45) is 5.92 Å². The molecule has 188 valence electrons. The third-order valence-electron chi connectivity index (χ3n) is 5.55. The van der Waals surface area contributed by atoms with Gasteiger partial charge in [-0.3, -0.25) is 4.79 Å². The third kappa shape index (κ3) is 5.82.